The molecule has 0 bridgehead atoms. The van der Waals surface area contributed by atoms with Crippen molar-refractivity contribution in [1.29, 1.82) is 0 Å². The molecular weight excluding hydrogens is 226 g/mol. The van der Waals surface area contributed by atoms with Crippen molar-refractivity contribution < 1.29 is 4.74 Å². The molecule has 0 radical (unpaired) electrons. The van der Waals surface area contributed by atoms with Gasteiger partial charge in [0.2, 0.25) is 5.88 Å². The summed E-state index contributed by atoms with van der Waals surface area (Å²) in [7, 11) is 0. The summed E-state index contributed by atoms with van der Waals surface area (Å²) in [5.41, 5.74) is 2.79. The lowest BCUT2D eigenvalue weighted by atomic mass is 10.2. The summed E-state index contributed by atoms with van der Waals surface area (Å²) in [5, 5.41) is 4.48. The number of nitrogens with zero attached hydrogens (tertiary/aromatic N) is 3. The van der Waals surface area contributed by atoms with Crippen LogP contribution in [0.25, 0.3) is 16.9 Å². The maximum atomic E-state index is 5.38. The molecule has 0 aliphatic carbocycles. The van der Waals surface area contributed by atoms with Crippen molar-refractivity contribution in [3.05, 3.63) is 48.7 Å². The van der Waals surface area contributed by atoms with Crippen molar-refractivity contribution in [3.63, 3.8) is 0 Å². The van der Waals surface area contributed by atoms with Gasteiger partial charge < -0.3 is 4.74 Å². The zero-order valence-electron chi connectivity index (χ0n) is 10.1. The number of hydrogen-bond donors (Lipinski definition) is 0. The Morgan fingerprint density at radius 3 is 2.78 bits per heavy atom. The SMILES string of the molecule is CCOc1ccn2nc(-c3ccccc3)cc2n1. The second-order valence-corrected chi connectivity index (χ2v) is 3.90. The molecule has 1 aromatic carbocycles. The summed E-state index contributed by atoms with van der Waals surface area (Å²) in [5.74, 6) is 0.629. The average Bonchev–Trinajstić information content (AvgIpc) is 2.83. The van der Waals surface area contributed by atoms with Crippen molar-refractivity contribution in [2.24, 2.45) is 0 Å². The highest BCUT2D eigenvalue weighted by Crippen LogP contribution is 2.19. The molecule has 4 heteroatoms. The van der Waals surface area contributed by atoms with Gasteiger partial charge in [0.25, 0.3) is 0 Å². The summed E-state index contributed by atoms with van der Waals surface area (Å²) < 4.78 is 7.13. The van der Waals surface area contributed by atoms with Gasteiger partial charge in [-0.2, -0.15) is 10.1 Å². The van der Waals surface area contributed by atoms with Gasteiger partial charge >= 0.3 is 0 Å². The third kappa shape index (κ3) is 1.93. The van der Waals surface area contributed by atoms with Crippen LogP contribution in [0, 0.1) is 0 Å². The third-order valence-electron chi connectivity index (χ3n) is 2.66. The van der Waals surface area contributed by atoms with Gasteiger partial charge in [-0.15, -0.1) is 0 Å². The fourth-order valence-electron chi connectivity index (χ4n) is 1.84. The molecule has 0 amide bonds. The summed E-state index contributed by atoms with van der Waals surface area (Å²) in [6.07, 6.45) is 1.86. The first-order chi connectivity index (χ1) is 8.86. The number of fused-ring (bicyclic) bond motifs is 1. The Balaban J connectivity index is 2.06. The van der Waals surface area contributed by atoms with E-state index in [-0.39, 0.29) is 0 Å². The first-order valence-corrected chi connectivity index (χ1v) is 5.91. The highest BCUT2D eigenvalue weighted by atomic mass is 16.5. The lowest BCUT2D eigenvalue weighted by Gasteiger charge is -2.00. The van der Waals surface area contributed by atoms with Crippen LogP contribution in [0.3, 0.4) is 0 Å². The summed E-state index contributed by atoms with van der Waals surface area (Å²) in [6, 6.07) is 13.8. The number of hydrogen-bond acceptors (Lipinski definition) is 3. The van der Waals surface area contributed by atoms with Crippen LogP contribution in [0.4, 0.5) is 0 Å². The van der Waals surface area contributed by atoms with Crippen molar-refractivity contribution in [2.75, 3.05) is 6.61 Å². The normalized spacial score (nSPS) is 10.7. The van der Waals surface area contributed by atoms with E-state index >= 15 is 0 Å². The topological polar surface area (TPSA) is 39.4 Å². The molecule has 0 aliphatic heterocycles. The molecular formula is C14H13N3O. The predicted octanol–water partition coefficient (Wildman–Crippen LogP) is 2.80. The average molecular weight is 239 g/mol. The van der Waals surface area contributed by atoms with Gasteiger partial charge in [-0.25, -0.2) is 4.52 Å². The quantitative estimate of drug-likeness (QED) is 0.705. The molecule has 90 valence electrons. The molecule has 0 N–H and O–H groups in total. The molecule has 0 saturated carbocycles. The van der Waals surface area contributed by atoms with E-state index < -0.39 is 0 Å². The van der Waals surface area contributed by atoms with Gasteiger partial charge in [0.05, 0.1) is 12.3 Å². The van der Waals surface area contributed by atoms with E-state index in [4.69, 9.17) is 4.74 Å². The number of aromatic nitrogens is 3. The molecule has 0 atom stereocenters. The first-order valence-electron chi connectivity index (χ1n) is 5.91. The van der Waals surface area contributed by atoms with Crippen LogP contribution in [0.1, 0.15) is 6.92 Å². The minimum atomic E-state index is 0.614. The van der Waals surface area contributed by atoms with Crippen LogP contribution in [-0.2, 0) is 0 Å². The minimum absolute atomic E-state index is 0.614. The smallest absolute Gasteiger partial charge is 0.216 e. The van der Waals surface area contributed by atoms with E-state index in [0.717, 1.165) is 16.9 Å². The lowest BCUT2D eigenvalue weighted by Crippen LogP contribution is -1.96. The predicted molar refractivity (Wildman–Crippen MR) is 69.6 cm³/mol. The zero-order valence-corrected chi connectivity index (χ0v) is 10.1. The van der Waals surface area contributed by atoms with Crippen molar-refractivity contribution >= 4 is 5.65 Å². The van der Waals surface area contributed by atoms with Crippen LogP contribution >= 0.6 is 0 Å². The van der Waals surface area contributed by atoms with Crippen LogP contribution < -0.4 is 4.74 Å². The standard InChI is InChI=1S/C14H13N3O/c1-2-18-14-8-9-17-13(15-14)10-12(16-17)11-6-4-3-5-7-11/h3-10H,2H2,1H3. The maximum Gasteiger partial charge on any atom is 0.216 e. The summed E-state index contributed by atoms with van der Waals surface area (Å²) in [4.78, 5) is 4.39. The monoisotopic (exact) mass is 239 g/mol. The third-order valence-corrected chi connectivity index (χ3v) is 2.66. The Kier molecular flexibility index (Phi) is 2.68. The fourth-order valence-corrected chi connectivity index (χ4v) is 1.84. The molecule has 0 saturated heterocycles. The van der Waals surface area contributed by atoms with E-state index in [1.54, 1.807) is 4.52 Å². The lowest BCUT2D eigenvalue weighted by molar-refractivity contribution is 0.327. The van der Waals surface area contributed by atoms with Gasteiger partial charge in [-0.1, -0.05) is 30.3 Å². The molecule has 2 aromatic heterocycles. The Morgan fingerprint density at radius 1 is 1.17 bits per heavy atom. The maximum absolute atomic E-state index is 5.38. The van der Waals surface area contributed by atoms with Gasteiger partial charge in [-0.3, -0.25) is 0 Å². The van der Waals surface area contributed by atoms with Gasteiger partial charge in [0, 0.05) is 23.9 Å². The molecule has 0 aliphatic rings. The van der Waals surface area contributed by atoms with E-state index in [1.807, 2.05) is 55.6 Å². The number of rotatable bonds is 3. The van der Waals surface area contributed by atoms with Crippen molar-refractivity contribution in [3.8, 4) is 17.1 Å². The van der Waals surface area contributed by atoms with E-state index in [0.29, 0.717) is 12.5 Å². The molecule has 4 nitrogen and oxygen atoms in total. The molecule has 0 fully saturated rings. The van der Waals surface area contributed by atoms with E-state index in [2.05, 4.69) is 10.1 Å². The second-order valence-electron chi connectivity index (χ2n) is 3.90. The second kappa shape index (κ2) is 4.49. The van der Waals surface area contributed by atoms with Crippen LogP contribution in [0.2, 0.25) is 0 Å². The molecule has 18 heavy (non-hydrogen) atoms. The molecule has 0 spiro atoms. The van der Waals surface area contributed by atoms with E-state index in [1.165, 1.54) is 0 Å². The van der Waals surface area contributed by atoms with Crippen molar-refractivity contribution in [1.82, 2.24) is 14.6 Å². The Morgan fingerprint density at radius 2 is 2.00 bits per heavy atom. The summed E-state index contributed by atoms with van der Waals surface area (Å²) >= 11 is 0. The Hall–Kier alpha value is -2.36. The highest BCUT2D eigenvalue weighted by Gasteiger charge is 2.05. The van der Waals surface area contributed by atoms with Crippen LogP contribution in [-0.4, -0.2) is 21.2 Å². The Bertz CT molecular complexity index is 661. The summed E-state index contributed by atoms with van der Waals surface area (Å²) in [6.45, 7) is 2.56. The van der Waals surface area contributed by atoms with Crippen LogP contribution in [0.5, 0.6) is 5.88 Å². The number of benzene rings is 1. The zero-order chi connectivity index (χ0) is 12.4. The molecule has 3 aromatic rings. The largest absolute Gasteiger partial charge is 0.478 e. The van der Waals surface area contributed by atoms with Gasteiger partial charge in [0.15, 0.2) is 5.65 Å². The molecule has 0 unspecified atom stereocenters. The van der Waals surface area contributed by atoms with Gasteiger partial charge in [0.1, 0.15) is 0 Å². The fraction of sp³-hybridized carbons (Fsp3) is 0.143. The Labute approximate surface area is 105 Å². The highest BCUT2D eigenvalue weighted by molar-refractivity contribution is 5.63. The first kappa shape index (κ1) is 10.8. The van der Waals surface area contributed by atoms with Crippen LogP contribution in [0.15, 0.2) is 48.7 Å². The van der Waals surface area contributed by atoms with E-state index in [9.17, 15) is 0 Å². The molecule has 2 heterocycles. The molecule has 3 rings (SSSR count). The minimum Gasteiger partial charge on any atom is -0.478 e. The number of ether oxygens (including phenoxy) is 1. The van der Waals surface area contributed by atoms with Crippen molar-refractivity contribution in [2.45, 2.75) is 6.92 Å². The van der Waals surface area contributed by atoms with Gasteiger partial charge in [-0.05, 0) is 6.92 Å².